The van der Waals surface area contributed by atoms with E-state index in [0.717, 1.165) is 31.6 Å². The Balaban J connectivity index is 2.03. The molecule has 1 aromatic carbocycles. The minimum absolute atomic E-state index is 0.00938. The van der Waals surface area contributed by atoms with Gasteiger partial charge in [-0.05, 0) is 38.1 Å². The highest BCUT2D eigenvalue weighted by Crippen LogP contribution is 2.18. The summed E-state index contributed by atoms with van der Waals surface area (Å²) in [5, 5.41) is 11.9. The molecular formula is C15H19F2N3. The second kappa shape index (κ2) is 6.29. The minimum Gasteiger partial charge on any atom is -0.309 e. The highest BCUT2D eigenvalue weighted by Gasteiger charge is 2.24. The topological polar surface area (TPSA) is 39.1 Å². The van der Waals surface area contributed by atoms with Crippen LogP contribution in [0.3, 0.4) is 0 Å². The zero-order chi connectivity index (χ0) is 14.7. The van der Waals surface area contributed by atoms with Crippen LogP contribution in [0.4, 0.5) is 8.78 Å². The molecule has 0 spiro atoms. The average molecular weight is 279 g/mol. The lowest BCUT2D eigenvalue weighted by Gasteiger charge is -2.35. The van der Waals surface area contributed by atoms with Crippen molar-refractivity contribution in [3.8, 4) is 6.07 Å². The van der Waals surface area contributed by atoms with E-state index in [9.17, 15) is 8.78 Å². The van der Waals surface area contributed by atoms with E-state index in [1.54, 1.807) is 6.07 Å². The van der Waals surface area contributed by atoms with Crippen LogP contribution in [0.5, 0.6) is 0 Å². The molecule has 3 nitrogen and oxygen atoms in total. The van der Waals surface area contributed by atoms with E-state index in [1.807, 2.05) is 0 Å². The van der Waals surface area contributed by atoms with Gasteiger partial charge in [0.15, 0.2) is 0 Å². The van der Waals surface area contributed by atoms with Crippen LogP contribution < -0.4 is 5.32 Å². The first-order chi connectivity index (χ1) is 9.51. The lowest BCUT2D eigenvalue weighted by molar-refractivity contribution is 0.173. The standard InChI is InChI=1S/C15H19F2N3/c1-10-9-20(2)4-3-15(10)19-8-12-13(16)5-11(7-18)6-14(12)17/h5-6,10,15,19H,3-4,8-9H2,1-2H3. The molecule has 1 N–H and O–H groups in total. The van der Waals surface area contributed by atoms with Gasteiger partial charge in [0.2, 0.25) is 0 Å². The van der Waals surface area contributed by atoms with Crippen LogP contribution in [0.15, 0.2) is 12.1 Å². The summed E-state index contributed by atoms with van der Waals surface area (Å²) in [7, 11) is 2.08. The molecule has 0 amide bonds. The van der Waals surface area contributed by atoms with E-state index >= 15 is 0 Å². The molecular weight excluding hydrogens is 260 g/mol. The van der Waals surface area contributed by atoms with Crippen molar-refractivity contribution in [3.63, 3.8) is 0 Å². The molecule has 20 heavy (non-hydrogen) atoms. The molecule has 5 heteroatoms. The first kappa shape index (κ1) is 14.9. The van der Waals surface area contributed by atoms with Crippen molar-refractivity contribution in [2.24, 2.45) is 5.92 Å². The second-order valence-electron chi connectivity index (χ2n) is 5.55. The van der Waals surface area contributed by atoms with Crippen LogP contribution in [0.2, 0.25) is 0 Å². The van der Waals surface area contributed by atoms with E-state index in [1.165, 1.54) is 0 Å². The predicted octanol–water partition coefficient (Wildman–Crippen LogP) is 2.27. The predicted molar refractivity (Wildman–Crippen MR) is 73.0 cm³/mol. The lowest BCUT2D eigenvalue weighted by Crippen LogP contribution is -2.46. The molecule has 108 valence electrons. The van der Waals surface area contributed by atoms with Crippen molar-refractivity contribution in [2.45, 2.75) is 25.9 Å². The third kappa shape index (κ3) is 3.33. The van der Waals surface area contributed by atoms with E-state index < -0.39 is 11.6 Å². The monoisotopic (exact) mass is 279 g/mol. The van der Waals surface area contributed by atoms with Crippen molar-refractivity contribution in [3.05, 3.63) is 34.9 Å². The molecule has 2 unspecified atom stereocenters. The molecule has 2 rings (SSSR count). The number of nitriles is 1. The van der Waals surface area contributed by atoms with Crippen LogP contribution in [-0.4, -0.2) is 31.1 Å². The molecule has 1 aliphatic rings. The molecule has 1 heterocycles. The first-order valence-electron chi connectivity index (χ1n) is 6.81. The summed E-state index contributed by atoms with van der Waals surface area (Å²) < 4.78 is 27.5. The van der Waals surface area contributed by atoms with Crippen molar-refractivity contribution >= 4 is 0 Å². The highest BCUT2D eigenvalue weighted by molar-refractivity contribution is 5.34. The fraction of sp³-hybridized carbons (Fsp3) is 0.533. The molecule has 2 atom stereocenters. The molecule has 0 aromatic heterocycles. The van der Waals surface area contributed by atoms with Gasteiger partial charge in [0.25, 0.3) is 0 Å². The van der Waals surface area contributed by atoms with Gasteiger partial charge < -0.3 is 10.2 Å². The molecule has 0 radical (unpaired) electrons. The minimum atomic E-state index is -0.658. The van der Waals surface area contributed by atoms with Crippen molar-refractivity contribution in [1.29, 1.82) is 5.26 Å². The largest absolute Gasteiger partial charge is 0.309 e. The molecule has 1 aliphatic heterocycles. The lowest BCUT2D eigenvalue weighted by atomic mass is 9.94. The molecule has 0 aliphatic carbocycles. The number of halogens is 2. The summed E-state index contributed by atoms with van der Waals surface area (Å²) in [5.74, 6) is -0.873. The average Bonchev–Trinajstić information content (AvgIpc) is 2.39. The van der Waals surface area contributed by atoms with Gasteiger partial charge in [-0.2, -0.15) is 5.26 Å². The van der Waals surface area contributed by atoms with Gasteiger partial charge in [0, 0.05) is 24.7 Å². The van der Waals surface area contributed by atoms with Gasteiger partial charge in [-0.3, -0.25) is 0 Å². The maximum Gasteiger partial charge on any atom is 0.131 e. The Morgan fingerprint density at radius 2 is 2.05 bits per heavy atom. The van der Waals surface area contributed by atoms with Gasteiger partial charge >= 0.3 is 0 Å². The van der Waals surface area contributed by atoms with Crippen LogP contribution in [0, 0.1) is 28.9 Å². The number of nitrogens with one attached hydrogen (secondary N) is 1. The summed E-state index contributed by atoms with van der Waals surface area (Å²) in [6, 6.07) is 4.17. The number of hydrogen-bond acceptors (Lipinski definition) is 3. The summed E-state index contributed by atoms with van der Waals surface area (Å²) in [5.41, 5.74) is 0.0199. The Labute approximate surface area is 118 Å². The van der Waals surface area contributed by atoms with Crippen molar-refractivity contribution in [1.82, 2.24) is 10.2 Å². The Kier molecular flexibility index (Phi) is 4.69. The van der Waals surface area contributed by atoms with Crippen LogP contribution in [-0.2, 0) is 6.54 Å². The first-order valence-corrected chi connectivity index (χ1v) is 6.81. The van der Waals surface area contributed by atoms with E-state index in [2.05, 4.69) is 24.2 Å². The number of piperidine rings is 1. The Bertz CT molecular complexity index is 501. The van der Waals surface area contributed by atoms with Gasteiger partial charge in [-0.1, -0.05) is 6.92 Å². The molecule has 0 bridgehead atoms. The summed E-state index contributed by atoms with van der Waals surface area (Å²) in [4.78, 5) is 2.26. The maximum absolute atomic E-state index is 13.8. The van der Waals surface area contributed by atoms with E-state index in [0.29, 0.717) is 5.92 Å². The summed E-state index contributed by atoms with van der Waals surface area (Å²) in [6.07, 6.45) is 0.969. The van der Waals surface area contributed by atoms with Crippen molar-refractivity contribution in [2.75, 3.05) is 20.1 Å². The van der Waals surface area contributed by atoms with E-state index in [-0.39, 0.29) is 23.7 Å². The smallest absolute Gasteiger partial charge is 0.131 e. The maximum atomic E-state index is 13.8. The van der Waals surface area contributed by atoms with Crippen LogP contribution in [0.25, 0.3) is 0 Å². The number of rotatable bonds is 3. The quantitative estimate of drug-likeness (QED) is 0.922. The molecule has 1 aromatic rings. The van der Waals surface area contributed by atoms with Crippen LogP contribution in [0.1, 0.15) is 24.5 Å². The Morgan fingerprint density at radius 3 is 2.60 bits per heavy atom. The second-order valence-corrected chi connectivity index (χ2v) is 5.55. The molecule has 1 fully saturated rings. The summed E-state index contributed by atoms with van der Waals surface area (Å²) in [6.45, 7) is 4.26. The number of benzene rings is 1. The highest BCUT2D eigenvalue weighted by atomic mass is 19.1. The third-order valence-corrected chi connectivity index (χ3v) is 3.92. The summed E-state index contributed by atoms with van der Waals surface area (Å²) >= 11 is 0. The van der Waals surface area contributed by atoms with Gasteiger partial charge in [0.05, 0.1) is 11.6 Å². The Hall–Kier alpha value is -1.51. The van der Waals surface area contributed by atoms with Crippen LogP contribution >= 0.6 is 0 Å². The van der Waals surface area contributed by atoms with Gasteiger partial charge in [-0.15, -0.1) is 0 Å². The van der Waals surface area contributed by atoms with E-state index in [4.69, 9.17) is 5.26 Å². The normalized spacial score (nSPS) is 23.6. The number of nitrogens with zero attached hydrogens (tertiary/aromatic N) is 2. The number of hydrogen-bond donors (Lipinski definition) is 1. The van der Waals surface area contributed by atoms with Gasteiger partial charge in [-0.25, -0.2) is 8.78 Å². The van der Waals surface area contributed by atoms with Gasteiger partial charge in [0.1, 0.15) is 11.6 Å². The zero-order valence-corrected chi connectivity index (χ0v) is 11.8. The molecule has 0 saturated carbocycles. The Morgan fingerprint density at radius 1 is 1.40 bits per heavy atom. The third-order valence-electron chi connectivity index (χ3n) is 3.92. The SMILES string of the molecule is CC1CN(C)CCC1NCc1c(F)cc(C#N)cc1F. The fourth-order valence-corrected chi connectivity index (χ4v) is 2.73. The number of likely N-dealkylation sites (tertiary alicyclic amines) is 1. The van der Waals surface area contributed by atoms with Crippen molar-refractivity contribution < 1.29 is 8.78 Å². The molecule has 1 saturated heterocycles. The fourth-order valence-electron chi connectivity index (χ4n) is 2.73. The zero-order valence-electron chi connectivity index (χ0n) is 11.8.